The van der Waals surface area contributed by atoms with Crippen molar-refractivity contribution in [3.63, 3.8) is 0 Å². The van der Waals surface area contributed by atoms with Crippen molar-refractivity contribution >= 4 is 0 Å². The molecule has 18 heavy (non-hydrogen) atoms. The molecule has 2 atom stereocenters. The average Bonchev–Trinajstić information content (AvgIpc) is 3.04. The summed E-state index contributed by atoms with van der Waals surface area (Å²) >= 11 is 0. The molecule has 0 bridgehead atoms. The van der Waals surface area contributed by atoms with Crippen LogP contribution in [0.1, 0.15) is 42.3 Å². The lowest BCUT2D eigenvalue weighted by molar-refractivity contribution is 0.133. The minimum absolute atomic E-state index is 0.100. The Bertz CT molecular complexity index is 549. The van der Waals surface area contributed by atoms with Gasteiger partial charge in [0.2, 0.25) is 0 Å². The van der Waals surface area contributed by atoms with Gasteiger partial charge in [-0.15, -0.1) is 0 Å². The maximum atomic E-state index is 10.6. The van der Waals surface area contributed by atoms with Crippen LogP contribution in [0, 0.1) is 0 Å². The number of aromatic nitrogens is 3. The first-order valence-corrected chi connectivity index (χ1v) is 6.44. The Morgan fingerprint density at radius 1 is 1.44 bits per heavy atom. The van der Waals surface area contributed by atoms with Gasteiger partial charge in [-0.25, -0.2) is 0 Å². The molecule has 3 rings (SSSR count). The Hall–Kier alpha value is -1.68. The van der Waals surface area contributed by atoms with Gasteiger partial charge in [-0.2, -0.15) is 5.10 Å². The third-order valence-corrected chi connectivity index (χ3v) is 3.74. The summed E-state index contributed by atoms with van der Waals surface area (Å²) in [5, 5.41) is 14.8. The number of pyridine rings is 1. The molecule has 4 nitrogen and oxygen atoms in total. The molecular weight excluding hydrogens is 226 g/mol. The molecule has 0 amide bonds. The zero-order valence-electron chi connectivity index (χ0n) is 10.5. The predicted molar refractivity (Wildman–Crippen MR) is 68.2 cm³/mol. The van der Waals surface area contributed by atoms with E-state index in [-0.39, 0.29) is 5.92 Å². The Kier molecular flexibility index (Phi) is 2.88. The zero-order valence-corrected chi connectivity index (χ0v) is 10.5. The molecule has 0 saturated carbocycles. The van der Waals surface area contributed by atoms with Crippen molar-refractivity contribution < 1.29 is 5.11 Å². The number of hydrogen-bond acceptors (Lipinski definition) is 3. The molecule has 0 radical (unpaired) electrons. The maximum Gasteiger partial charge on any atom is 0.104 e. The summed E-state index contributed by atoms with van der Waals surface area (Å²) in [5.74, 6) is 0.100. The van der Waals surface area contributed by atoms with E-state index < -0.39 is 6.10 Å². The highest BCUT2D eigenvalue weighted by Crippen LogP contribution is 2.40. The first-order valence-electron chi connectivity index (χ1n) is 6.44. The topological polar surface area (TPSA) is 50.9 Å². The second kappa shape index (κ2) is 4.53. The standard InChI is InChI=1S/C14H17N3O/c1-2-17-12(7-9-16-17)14(18)11-6-5-10-4-3-8-15-13(10)11/h3-4,7-9,11,14,18H,2,5-6H2,1H3. The molecule has 94 valence electrons. The summed E-state index contributed by atoms with van der Waals surface area (Å²) in [7, 11) is 0. The SMILES string of the molecule is CCn1nccc1C(O)C1CCc2cccnc21. The third-order valence-electron chi connectivity index (χ3n) is 3.74. The van der Waals surface area contributed by atoms with Gasteiger partial charge in [-0.05, 0) is 37.5 Å². The number of nitrogens with zero attached hydrogens (tertiary/aromatic N) is 3. The zero-order chi connectivity index (χ0) is 12.5. The first kappa shape index (κ1) is 11.4. The highest BCUT2D eigenvalue weighted by molar-refractivity contribution is 5.31. The number of aliphatic hydroxyl groups is 1. The summed E-state index contributed by atoms with van der Waals surface area (Å²) in [6.07, 6.45) is 5.01. The molecule has 2 heterocycles. The van der Waals surface area contributed by atoms with Crippen molar-refractivity contribution in [3.05, 3.63) is 47.5 Å². The minimum atomic E-state index is -0.511. The fourth-order valence-corrected chi connectivity index (χ4v) is 2.82. The van der Waals surface area contributed by atoms with Crippen LogP contribution in [0.3, 0.4) is 0 Å². The van der Waals surface area contributed by atoms with Crippen molar-refractivity contribution in [1.29, 1.82) is 0 Å². The van der Waals surface area contributed by atoms with Crippen molar-refractivity contribution in [2.24, 2.45) is 0 Å². The maximum absolute atomic E-state index is 10.6. The molecular formula is C14H17N3O. The van der Waals surface area contributed by atoms with Gasteiger partial charge in [0.05, 0.1) is 5.69 Å². The summed E-state index contributed by atoms with van der Waals surface area (Å²) in [6.45, 7) is 2.81. The number of aliphatic hydroxyl groups excluding tert-OH is 1. The number of fused-ring (bicyclic) bond motifs is 1. The van der Waals surface area contributed by atoms with E-state index in [1.807, 2.05) is 23.7 Å². The second-order valence-electron chi connectivity index (χ2n) is 4.71. The van der Waals surface area contributed by atoms with Crippen LogP contribution in [-0.4, -0.2) is 19.9 Å². The van der Waals surface area contributed by atoms with Gasteiger partial charge < -0.3 is 5.11 Å². The number of rotatable bonds is 3. The van der Waals surface area contributed by atoms with Crippen molar-refractivity contribution in [3.8, 4) is 0 Å². The molecule has 2 aromatic heterocycles. The fraction of sp³-hybridized carbons (Fsp3) is 0.429. The van der Waals surface area contributed by atoms with E-state index in [1.54, 1.807) is 12.4 Å². The normalized spacial score (nSPS) is 19.8. The highest BCUT2D eigenvalue weighted by atomic mass is 16.3. The quantitative estimate of drug-likeness (QED) is 0.897. The van der Waals surface area contributed by atoms with E-state index in [4.69, 9.17) is 0 Å². The fourth-order valence-electron chi connectivity index (χ4n) is 2.82. The van der Waals surface area contributed by atoms with Crippen LogP contribution in [-0.2, 0) is 13.0 Å². The lowest BCUT2D eigenvalue weighted by Gasteiger charge is -2.19. The monoisotopic (exact) mass is 243 g/mol. The smallest absolute Gasteiger partial charge is 0.104 e. The molecule has 1 N–H and O–H groups in total. The Labute approximate surface area is 106 Å². The van der Waals surface area contributed by atoms with Gasteiger partial charge in [-0.3, -0.25) is 9.67 Å². The van der Waals surface area contributed by atoms with Crippen molar-refractivity contribution in [1.82, 2.24) is 14.8 Å². The summed E-state index contributed by atoms with van der Waals surface area (Å²) in [6, 6.07) is 5.96. The van der Waals surface area contributed by atoms with Gasteiger partial charge in [0.15, 0.2) is 0 Å². The predicted octanol–water partition coefficient (Wildman–Crippen LogP) is 2.06. The molecule has 0 fully saturated rings. The molecule has 2 aromatic rings. The average molecular weight is 243 g/mol. The molecule has 0 spiro atoms. The Morgan fingerprint density at radius 2 is 2.33 bits per heavy atom. The van der Waals surface area contributed by atoms with Crippen LogP contribution in [0.25, 0.3) is 0 Å². The lowest BCUT2D eigenvalue weighted by Crippen LogP contribution is -2.14. The van der Waals surface area contributed by atoms with E-state index in [0.29, 0.717) is 0 Å². The van der Waals surface area contributed by atoms with E-state index >= 15 is 0 Å². The highest BCUT2D eigenvalue weighted by Gasteiger charge is 2.32. The first-order chi connectivity index (χ1) is 8.81. The molecule has 0 saturated heterocycles. The van der Waals surface area contributed by atoms with Crippen molar-refractivity contribution in [2.45, 2.75) is 38.3 Å². The second-order valence-corrected chi connectivity index (χ2v) is 4.71. The van der Waals surface area contributed by atoms with E-state index in [9.17, 15) is 5.11 Å². The Balaban J connectivity index is 1.93. The van der Waals surface area contributed by atoms with E-state index in [1.165, 1.54) is 5.56 Å². The van der Waals surface area contributed by atoms with Gasteiger partial charge in [-0.1, -0.05) is 6.07 Å². The lowest BCUT2D eigenvalue weighted by atomic mass is 9.97. The Morgan fingerprint density at radius 3 is 3.17 bits per heavy atom. The molecule has 1 aliphatic carbocycles. The van der Waals surface area contributed by atoms with E-state index in [0.717, 1.165) is 30.8 Å². The van der Waals surface area contributed by atoms with Crippen LogP contribution in [0.5, 0.6) is 0 Å². The third kappa shape index (κ3) is 1.73. The molecule has 0 aliphatic heterocycles. The van der Waals surface area contributed by atoms with Gasteiger partial charge in [0.1, 0.15) is 6.10 Å². The van der Waals surface area contributed by atoms with Crippen LogP contribution in [0.2, 0.25) is 0 Å². The van der Waals surface area contributed by atoms with Crippen LogP contribution in [0.15, 0.2) is 30.6 Å². The molecule has 4 heteroatoms. The summed E-state index contributed by atoms with van der Waals surface area (Å²) in [4.78, 5) is 4.44. The van der Waals surface area contributed by atoms with E-state index in [2.05, 4.69) is 16.1 Å². The van der Waals surface area contributed by atoms with Gasteiger partial charge in [0, 0.05) is 30.6 Å². The van der Waals surface area contributed by atoms with Gasteiger partial charge in [0.25, 0.3) is 0 Å². The summed E-state index contributed by atoms with van der Waals surface area (Å²) < 4.78 is 1.85. The minimum Gasteiger partial charge on any atom is -0.386 e. The van der Waals surface area contributed by atoms with Gasteiger partial charge >= 0.3 is 0 Å². The molecule has 2 unspecified atom stereocenters. The number of aryl methyl sites for hydroxylation is 2. The molecule has 1 aliphatic rings. The largest absolute Gasteiger partial charge is 0.386 e. The molecule has 0 aromatic carbocycles. The van der Waals surface area contributed by atoms with Crippen LogP contribution in [0.4, 0.5) is 0 Å². The van der Waals surface area contributed by atoms with Crippen LogP contribution < -0.4 is 0 Å². The van der Waals surface area contributed by atoms with Crippen molar-refractivity contribution in [2.75, 3.05) is 0 Å². The number of hydrogen-bond donors (Lipinski definition) is 1. The van der Waals surface area contributed by atoms with Crippen LogP contribution >= 0.6 is 0 Å². The summed E-state index contributed by atoms with van der Waals surface area (Å²) in [5.41, 5.74) is 3.21.